The number of fused-ring (bicyclic) bond motifs is 1. The largest absolute Gasteiger partial charge is 0.484 e. The number of ether oxygens (including phenoxy) is 2. The van der Waals surface area contributed by atoms with Gasteiger partial charge in [-0.15, -0.1) is 0 Å². The topological polar surface area (TPSA) is 96.9 Å². The van der Waals surface area contributed by atoms with Crippen molar-refractivity contribution in [2.24, 2.45) is 0 Å². The summed E-state index contributed by atoms with van der Waals surface area (Å²) in [5.41, 5.74) is -0.109. The summed E-state index contributed by atoms with van der Waals surface area (Å²) in [6, 6.07) is 6.67. The standard InChI is InChI=1S/C24H23ClF2N2O5/c1-12-4-19-14(6-16(12)26)18(30)7-20(34-19)22(32)29-24-9-23(10-24,11-24)28-21(31)8-33-13-2-3-15(25)17(27)5-13/h2-6,18,20,30H,7-11H2,1H3,(H,28,31)(H,29,32)/t18-,20-,23?,24?/m0/s1. The predicted octanol–water partition coefficient (Wildman–Crippen LogP) is 3.10. The molecule has 0 unspecified atom stereocenters. The maximum absolute atomic E-state index is 13.8. The maximum Gasteiger partial charge on any atom is 0.261 e. The molecule has 3 fully saturated rings. The third-order valence-electron chi connectivity index (χ3n) is 6.73. The van der Waals surface area contributed by atoms with Crippen LogP contribution in [0.1, 0.15) is 42.9 Å². The Balaban J connectivity index is 1.11. The molecule has 2 aromatic carbocycles. The Hall–Kier alpha value is -2.91. The molecule has 3 N–H and O–H groups in total. The number of carbonyl (C=O) groups is 2. The smallest absolute Gasteiger partial charge is 0.261 e. The van der Waals surface area contributed by atoms with Crippen molar-refractivity contribution in [1.82, 2.24) is 10.6 Å². The lowest BCUT2D eigenvalue weighted by Gasteiger charge is -2.70. The van der Waals surface area contributed by atoms with Gasteiger partial charge in [-0.25, -0.2) is 8.78 Å². The van der Waals surface area contributed by atoms with Crippen LogP contribution >= 0.6 is 11.6 Å². The molecule has 0 aromatic heterocycles. The Kier molecular flexibility index (Phi) is 5.44. The summed E-state index contributed by atoms with van der Waals surface area (Å²) < 4.78 is 38.3. The molecule has 4 aliphatic rings. The third kappa shape index (κ3) is 4.07. The molecule has 0 saturated heterocycles. The zero-order chi connectivity index (χ0) is 24.3. The number of halogens is 3. The summed E-state index contributed by atoms with van der Waals surface area (Å²) in [6.07, 6.45) is -0.139. The molecule has 2 aromatic rings. The highest BCUT2D eigenvalue weighted by Gasteiger charge is 2.69. The molecular formula is C24H23ClF2N2O5. The number of aliphatic hydroxyl groups is 1. The summed E-state index contributed by atoms with van der Waals surface area (Å²) in [6.45, 7) is 1.32. The van der Waals surface area contributed by atoms with Gasteiger partial charge in [0.2, 0.25) is 0 Å². The Bertz CT molecular complexity index is 1170. The summed E-state index contributed by atoms with van der Waals surface area (Å²) in [4.78, 5) is 25.1. The SMILES string of the molecule is Cc1cc2c(cc1F)[C@@H](O)C[C@@H](C(=O)NC13CC(NC(=O)COc4ccc(Cl)c(F)c4)(C1)C3)O2. The van der Waals surface area contributed by atoms with Crippen LogP contribution < -0.4 is 20.1 Å². The van der Waals surface area contributed by atoms with E-state index in [0.29, 0.717) is 36.1 Å². The van der Waals surface area contributed by atoms with Crippen LogP contribution in [0.4, 0.5) is 8.78 Å². The van der Waals surface area contributed by atoms with E-state index in [4.69, 9.17) is 21.1 Å². The Morgan fingerprint density at radius 1 is 1.15 bits per heavy atom. The van der Waals surface area contributed by atoms with Crippen LogP contribution in [0.5, 0.6) is 11.5 Å². The van der Waals surface area contributed by atoms with Crippen LogP contribution in [-0.4, -0.2) is 40.7 Å². The Labute approximate surface area is 199 Å². The Morgan fingerprint density at radius 2 is 1.85 bits per heavy atom. The fourth-order valence-electron chi connectivity index (χ4n) is 5.17. The van der Waals surface area contributed by atoms with Crippen molar-refractivity contribution in [3.05, 3.63) is 58.1 Å². The van der Waals surface area contributed by atoms with Crippen molar-refractivity contribution in [3.63, 3.8) is 0 Å². The number of amides is 2. The van der Waals surface area contributed by atoms with Crippen molar-refractivity contribution >= 4 is 23.4 Å². The normalized spacial score (nSPS) is 28.5. The van der Waals surface area contributed by atoms with Gasteiger partial charge in [0.05, 0.1) is 11.1 Å². The molecule has 0 spiro atoms. The van der Waals surface area contributed by atoms with E-state index >= 15 is 0 Å². The van der Waals surface area contributed by atoms with Crippen LogP contribution in [0, 0.1) is 18.6 Å². The number of rotatable bonds is 6. The van der Waals surface area contributed by atoms with E-state index in [1.807, 2.05) is 0 Å². The molecule has 3 saturated carbocycles. The van der Waals surface area contributed by atoms with Gasteiger partial charge >= 0.3 is 0 Å². The minimum Gasteiger partial charge on any atom is -0.484 e. The van der Waals surface area contributed by atoms with Gasteiger partial charge in [0, 0.05) is 29.1 Å². The molecule has 0 radical (unpaired) electrons. The lowest BCUT2D eigenvalue weighted by Crippen LogP contribution is -2.84. The van der Waals surface area contributed by atoms with Crippen molar-refractivity contribution in [2.75, 3.05) is 6.61 Å². The van der Waals surface area contributed by atoms with E-state index < -0.39 is 34.9 Å². The monoisotopic (exact) mass is 492 g/mol. The maximum atomic E-state index is 13.8. The lowest BCUT2D eigenvalue weighted by molar-refractivity contribution is -0.155. The summed E-state index contributed by atoms with van der Waals surface area (Å²) in [5.74, 6) is -1.24. The number of aliphatic hydroxyl groups excluding tert-OH is 1. The first-order chi connectivity index (χ1) is 16.1. The third-order valence-corrected chi connectivity index (χ3v) is 7.04. The molecule has 10 heteroatoms. The quantitative estimate of drug-likeness (QED) is 0.576. The zero-order valence-corrected chi connectivity index (χ0v) is 19.0. The second-order valence-electron chi connectivity index (χ2n) is 9.49. The van der Waals surface area contributed by atoms with Crippen LogP contribution in [0.25, 0.3) is 0 Å². The molecule has 2 amide bonds. The van der Waals surface area contributed by atoms with Crippen LogP contribution in [0.2, 0.25) is 5.02 Å². The minimum atomic E-state index is -0.998. The van der Waals surface area contributed by atoms with Crippen LogP contribution in [0.15, 0.2) is 30.3 Å². The number of hydrogen-bond donors (Lipinski definition) is 3. The summed E-state index contributed by atoms with van der Waals surface area (Å²) in [7, 11) is 0. The molecule has 2 bridgehead atoms. The number of hydrogen-bond acceptors (Lipinski definition) is 5. The number of benzene rings is 2. The van der Waals surface area contributed by atoms with E-state index in [0.717, 1.165) is 6.07 Å². The number of carbonyl (C=O) groups excluding carboxylic acids is 2. The average molecular weight is 493 g/mol. The van der Waals surface area contributed by atoms with Crippen LogP contribution in [-0.2, 0) is 9.59 Å². The summed E-state index contributed by atoms with van der Waals surface area (Å²) >= 11 is 5.63. The number of aryl methyl sites for hydroxylation is 1. The van der Waals surface area contributed by atoms with Crippen molar-refractivity contribution < 1.29 is 33.0 Å². The molecule has 34 heavy (non-hydrogen) atoms. The molecule has 1 aliphatic heterocycles. The van der Waals surface area contributed by atoms with Gasteiger partial charge in [0.25, 0.3) is 11.8 Å². The van der Waals surface area contributed by atoms with Gasteiger partial charge in [-0.05, 0) is 56.0 Å². The fraction of sp³-hybridized carbons (Fsp3) is 0.417. The summed E-state index contributed by atoms with van der Waals surface area (Å²) in [5, 5.41) is 16.2. The highest BCUT2D eigenvalue weighted by molar-refractivity contribution is 6.30. The second kappa shape index (κ2) is 8.09. The number of nitrogens with one attached hydrogen (secondary N) is 2. The van der Waals surface area contributed by atoms with Gasteiger partial charge in [-0.1, -0.05) is 11.6 Å². The molecule has 180 valence electrons. The van der Waals surface area contributed by atoms with Gasteiger partial charge in [0.15, 0.2) is 12.7 Å². The van der Waals surface area contributed by atoms with Crippen molar-refractivity contribution in [3.8, 4) is 11.5 Å². The minimum absolute atomic E-state index is 0.0284. The first kappa shape index (κ1) is 22.9. The van der Waals surface area contributed by atoms with E-state index in [1.54, 1.807) is 6.92 Å². The van der Waals surface area contributed by atoms with E-state index in [-0.39, 0.29) is 35.6 Å². The van der Waals surface area contributed by atoms with Crippen LogP contribution in [0.3, 0.4) is 0 Å². The molecule has 1 heterocycles. The van der Waals surface area contributed by atoms with Crippen molar-refractivity contribution in [2.45, 2.75) is 55.9 Å². The molecule has 6 rings (SSSR count). The molecule has 7 nitrogen and oxygen atoms in total. The highest BCUT2D eigenvalue weighted by atomic mass is 35.5. The van der Waals surface area contributed by atoms with Gasteiger partial charge in [0.1, 0.15) is 23.1 Å². The molecule has 3 aliphatic carbocycles. The zero-order valence-electron chi connectivity index (χ0n) is 18.3. The fourth-order valence-corrected chi connectivity index (χ4v) is 5.28. The highest BCUT2D eigenvalue weighted by Crippen LogP contribution is 2.60. The van der Waals surface area contributed by atoms with E-state index in [2.05, 4.69) is 10.6 Å². The van der Waals surface area contributed by atoms with Crippen molar-refractivity contribution in [1.29, 1.82) is 0 Å². The van der Waals surface area contributed by atoms with E-state index in [9.17, 15) is 23.5 Å². The lowest BCUT2D eigenvalue weighted by atomic mass is 9.44. The predicted molar refractivity (Wildman–Crippen MR) is 118 cm³/mol. The van der Waals surface area contributed by atoms with Gasteiger partial charge < -0.3 is 25.2 Å². The van der Waals surface area contributed by atoms with E-state index in [1.165, 1.54) is 24.3 Å². The second-order valence-corrected chi connectivity index (χ2v) is 9.90. The molecular weight excluding hydrogens is 470 g/mol. The van der Waals surface area contributed by atoms with Gasteiger partial charge in [-0.2, -0.15) is 0 Å². The first-order valence-electron chi connectivity index (χ1n) is 10.9. The van der Waals surface area contributed by atoms with Gasteiger partial charge in [-0.3, -0.25) is 9.59 Å². The molecule has 2 atom stereocenters. The first-order valence-corrected chi connectivity index (χ1v) is 11.3. The average Bonchev–Trinajstić information content (AvgIpc) is 2.73. The Morgan fingerprint density at radius 3 is 2.56 bits per heavy atom.